The van der Waals surface area contributed by atoms with E-state index in [1.165, 1.54) is 0 Å². The number of hydrogen-bond acceptors (Lipinski definition) is 3. The number of hydrogen-bond donors (Lipinski definition) is 0. The summed E-state index contributed by atoms with van der Waals surface area (Å²) < 4.78 is 10.5. The molecule has 3 heteroatoms. The molecule has 2 rings (SSSR count). The number of fused-ring (bicyclic) bond motifs is 2. The van der Waals surface area contributed by atoms with Crippen LogP contribution in [-0.4, -0.2) is 31.7 Å². The number of ether oxygens (including phenoxy) is 2. The van der Waals surface area contributed by atoms with Crippen LogP contribution >= 0.6 is 0 Å². The standard InChI is InChI=1S/C10H16O3/c1-12-6-10(11)7-4-8-2-3-9(5-7)13-8/h7-9H,2-6H2,1H3. The first kappa shape index (κ1) is 9.16. The fourth-order valence-corrected chi connectivity index (χ4v) is 2.38. The molecule has 0 aromatic rings. The van der Waals surface area contributed by atoms with E-state index in [0.717, 1.165) is 25.7 Å². The summed E-state index contributed by atoms with van der Waals surface area (Å²) in [5.74, 6) is 0.453. The lowest BCUT2D eigenvalue weighted by Gasteiger charge is -2.26. The van der Waals surface area contributed by atoms with Crippen molar-refractivity contribution in [2.45, 2.75) is 37.9 Å². The van der Waals surface area contributed by atoms with E-state index in [1.54, 1.807) is 7.11 Å². The van der Waals surface area contributed by atoms with Gasteiger partial charge in [-0.15, -0.1) is 0 Å². The zero-order valence-electron chi connectivity index (χ0n) is 7.99. The van der Waals surface area contributed by atoms with Crippen LogP contribution in [0.2, 0.25) is 0 Å². The lowest BCUT2D eigenvalue weighted by Crippen LogP contribution is -2.31. The van der Waals surface area contributed by atoms with Crippen LogP contribution in [0.4, 0.5) is 0 Å². The molecule has 2 heterocycles. The molecule has 0 aromatic heterocycles. The summed E-state index contributed by atoms with van der Waals surface area (Å²) in [6.07, 6.45) is 4.81. The molecule has 0 aromatic carbocycles. The molecule has 0 N–H and O–H groups in total. The van der Waals surface area contributed by atoms with E-state index in [-0.39, 0.29) is 18.3 Å². The van der Waals surface area contributed by atoms with Gasteiger partial charge in [0.1, 0.15) is 6.61 Å². The highest BCUT2D eigenvalue weighted by Crippen LogP contribution is 2.36. The second-order valence-corrected chi connectivity index (χ2v) is 4.03. The molecule has 2 atom stereocenters. The number of ketones is 1. The molecular formula is C10H16O3. The number of methoxy groups -OCH3 is 1. The summed E-state index contributed by atoms with van der Waals surface area (Å²) >= 11 is 0. The van der Waals surface area contributed by atoms with Crippen molar-refractivity contribution in [3.8, 4) is 0 Å². The van der Waals surface area contributed by atoms with Gasteiger partial charge in [0.15, 0.2) is 5.78 Å². The second kappa shape index (κ2) is 3.76. The second-order valence-electron chi connectivity index (χ2n) is 4.03. The van der Waals surface area contributed by atoms with Crippen LogP contribution in [0.15, 0.2) is 0 Å². The maximum absolute atomic E-state index is 11.5. The molecule has 74 valence electrons. The predicted octanol–water partition coefficient (Wildman–Crippen LogP) is 1.16. The third-order valence-corrected chi connectivity index (χ3v) is 3.03. The average molecular weight is 184 g/mol. The molecule has 13 heavy (non-hydrogen) atoms. The summed E-state index contributed by atoms with van der Waals surface area (Å²) in [7, 11) is 1.58. The van der Waals surface area contributed by atoms with Gasteiger partial charge in [-0.3, -0.25) is 4.79 Å². The maximum Gasteiger partial charge on any atom is 0.161 e. The third-order valence-electron chi connectivity index (χ3n) is 3.03. The zero-order valence-corrected chi connectivity index (χ0v) is 7.99. The normalized spacial score (nSPS) is 37.8. The summed E-state index contributed by atoms with van der Waals surface area (Å²) in [6.45, 7) is 0.268. The minimum absolute atomic E-state index is 0.200. The molecule has 2 unspecified atom stereocenters. The van der Waals surface area contributed by atoms with Crippen LogP contribution < -0.4 is 0 Å². The van der Waals surface area contributed by atoms with E-state index in [4.69, 9.17) is 9.47 Å². The van der Waals surface area contributed by atoms with Crippen molar-refractivity contribution in [2.24, 2.45) is 5.92 Å². The van der Waals surface area contributed by atoms with Gasteiger partial charge in [0.25, 0.3) is 0 Å². The SMILES string of the molecule is COCC(=O)C1CC2CCC(C1)O2. The molecule has 2 saturated heterocycles. The van der Waals surface area contributed by atoms with E-state index in [0.29, 0.717) is 12.2 Å². The van der Waals surface area contributed by atoms with E-state index in [2.05, 4.69) is 0 Å². The van der Waals surface area contributed by atoms with Gasteiger partial charge in [-0.2, -0.15) is 0 Å². The highest BCUT2D eigenvalue weighted by atomic mass is 16.5. The number of rotatable bonds is 3. The molecule has 2 bridgehead atoms. The Kier molecular flexibility index (Phi) is 2.65. The average Bonchev–Trinajstić information content (AvgIpc) is 2.46. The van der Waals surface area contributed by atoms with Crippen molar-refractivity contribution in [3.05, 3.63) is 0 Å². The van der Waals surface area contributed by atoms with Crippen LogP contribution in [0.3, 0.4) is 0 Å². The maximum atomic E-state index is 11.5. The first-order valence-electron chi connectivity index (χ1n) is 4.96. The van der Waals surface area contributed by atoms with Gasteiger partial charge in [0, 0.05) is 13.0 Å². The molecule has 0 aliphatic carbocycles. The van der Waals surface area contributed by atoms with Gasteiger partial charge < -0.3 is 9.47 Å². The van der Waals surface area contributed by atoms with Gasteiger partial charge in [-0.25, -0.2) is 0 Å². The highest BCUT2D eigenvalue weighted by molar-refractivity contribution is 5.82. The predicted molar refractivity (Wildman–Crippen MR) is 47.5 cm³/mol. The smallest absolute Gasteiger partial charge is 0.161 e. The highest BCUT2D eigenvalue weighted by Gasteiger charge is 2.37. The summed E-state index contributed by atoms with van der Waals surface area (Å²) in [5, 5.41) is 0. The quantitative estimate of drug-likeness (QED) is 0.660. The molecule has 2 fully saturated rings. The summed E-state index contributed by atoms with van der Waals surface area (Å²) in [5.41, 5.74) is 0. The van der Waals surface area contributed by atoms with Gasteiger partial charge in [0.2, 0.25) is 0 Å². The van der Waals surface area contributed by atoms with E-state index in [9.17, 15) is 4.79 Å². The Labute approximate surface area is 78.4 Å². The number of Topliss-reactive ketones (excluding diaryl/α,β-unsaturated/α-hetero) is 1. The van der Waals surface area contributed by atoms with Crippen molar-refractivity contribution >= 4 is 5.78 Å². The molecule has 0 amide bonds. The molecule has 3 nitrogen and oxygen atoms in total. The zero-order chi connectivity index (χ0) is 9.26. The minimum atomic E-state index is 0.200. The topological polar surface area (TPSA) is 35.5 Å². The Morgan fingerprint density at radius 3 is 2.54 bits per heavy atom. The van der Waals surface area contributed by atoms with Gasteiger partial charge >= 0.3 is 0 Å². The lowest BCUT2D eigenvalue weighted by atomic mass is 9.92. The van der Waals surface area contributed by atoms with E-state index < -0.39 is 0 Å². The van der Waals surface area contributed by atoms with E-state index >= 15 is 0 Å². The summed E-state index contributed by atoms with van der Waals surface area (Å²) in [6, 6.07) is 0. The third kappa shape index (κ3) is 1.92. The largest absolute Gasteiger partial charge is 0.377 e. The van der Waals surface area contributed by atoms with Crippen molar-refractivity contribution in [1.82, 2.24) is 0 Å². The van der Waals surface area contributed by atoms with Gasteiger partial charge in [0.05, 0.1) is 12.2 Å². The van der Waals surface area contributed by atoms with Gasteiger partial charge in [-0.05, 0) is 25.7 Å². The monoisotopic (exact) mass is 184 g/mol. The van der Waals surface area contributed by atoms with Crippen LogP contribution in [-0.2, 0) is 14.3 Å². The molecule has 2 aliphatic heterocycles. The molecule has 2 aliphatic rings. The van der Waals surface area contributed by atoms with Crippen LogP contribution in [0.25, 0.3) is 0 Å². The molecule has 0 radical (unpaired) electrons. The van der Waals surface area contributed by atoms with Crippen molar-refractivity contribution in [2.75, 3.05) is 13.7 Å². The minimum Gasteiger partial charge on any atom is -0.377 e. The Morgan fingerprint density at radius 1 is 1.38 bits per heavy atom. The molecule has 0 spiro atoms. The Bertz CT molecular complexity index is 190. The Morgan fingerprint density at radius 2 is 2.00 bits per heavy atom. The van der Waals surface area contributed by atoms with Crippen LogP contribution in [0.5, 0.6) is 0 Å². The number of carbonyl (C=O) groups excluding carboxylic acids is 1. The fourth-order valence-electron chi connectivity index (χ4n) is 2.38. The summed E-state index contributed by atoms with van der Waals surface area (Å²) in [4.78, 5) is 11.5. The molecule has 0 saturated carbocycles. The molecular weight excluding hydrogens is 168 g/mol. The van der Waals surface area contributed by atoms with Crippen LogP contribution in [0, 0.1) is 5.92 Å². The Balaban J connectivity index is 1.91. The van der Waals surface area contributed by atoms with Crippen molar-refractivity contribution < 1.29 is 14.3 Å². The lowest BCUT2D eigenvalue weighted by molar-refractivity contribution is -0.132. The van der Waals surface area contributed by atoms with E-state index in [1.807, 2.05) is 0 Å². The van der Waals surface area contributed by atoms with Crippen LogP contribution in [0.1, 0.15) is 25.7 Å². The first-order chi connectivity index (χ1) is 6.29. The first-order valence-corrected chi connectivity index (χ1v) is 4.96. The number of carbonyl (C=O) groups is 1. The Hall–Kier alpha value is -0.410. The van der Waals surface area contributed by atoms with Gasteiger partial charge in [-0.1, -0.05) is 0 Å². The van der Waals surface area contributed by atoms with Crippen molar-refractivity contribution in [3.63, 3.8) is 0 Å². The fraction of sp³-hybridized carbons (Fsp3) is 0.900. The van der Waals surface area contributed by atoms with Crippen molar-refractivity contribution in [1.29, 1.82) is 0 Å².